The number of thioether (sulfide) groups is 1. The van der Waals surface area contributed by atoms with Crippen LogP contribution in [0, 0.1) is 0 Å². The molecule has 5 aromatic rings. The van der Waals surface area contributed by atoms with E-state index in [1.807, 2.05) is 84.5 Å². The highest BCUT2D eigenvalue weighted by molar-refractivity contribution is 7.99. The van der Waals surface area contributed by atoms with E-state index in [0.29, 0.717) is 0 Å². The van der Waals surface area contributed by atoms with Gasteiger partial charge in [-0.05, 0) is 34.9 Å². The second-order valence-corrected chi connectivity index (χ2v) is 9.35. The summed E-state index contributed by atoms with van der Waals surface area (Å²) in [6, 6.07) is 27.7. The molecular weight excluding hydrogens is 468 g/mol. The van der Waals surface area contributed by atoms with Gasteiger partial charge in [0.2, 0.25) is 5.91 Å². The van der Waals surface area contributed by atoms with Crippen LogP contribution in [-0.2, 0) is 11.8 Å². The molecule has 5 rings (SSSR count). The lowest BCUT2D eigenvalue weighted by Crippen LogP contribution is -2.32. The number of hydrogen-bond donors (Lipinski definition) is 1. The zero-order valence-corrected chi connectivity index (χ0v) is 20.9. The molecule has 0 saturated heterocycles. The Bertz CT molecular complexity index is 1490. The molecule has 0 aliphatic heterocycles. The maximum Gasteiger partial charge on any atom is 0.231 e. The van der Waals surface area contributed by atoms with Crippen LogP contribution in [0.15, 0.2) is 102 Å². The van der Waals surface area contributed by atoms with Crippen molar-refractivity contribution in [3.8, 4) is 16.9 Å². The predicted molar refractivity (Wildman–Crippen MR) is 144 cm³/mol. The molecular formula is C29H26N4O2S. The van der Waals surface area contributed by atoms with E-state index in [-0.39, 0.29) is 17.7 Å². The number of hydrogen-bond acceptors (Lipinski definition) is 5. The fraction of sp³-hybridized carbons (Fsp3) is 0.138. The first-order valence-corrected chi connectivity index (χ1v) is 12.6. The molecule has 1 atom stereocenters. The van der Waals surface area contributed by atoms with Crippen LogP contribution in [0.5, 0.6) is 5.75 Å². The molecule has 0 radical (unpaired) electrons. The van der Waals surface area contributed by atoms with Gasteiger partial charge in [0, 0.05) is 30.9 Å². The Morgan fingerprint density at radius 3 is 2.47 bits per heavy atom. The predicted octanol–water partition coefficient (Wildman–Crippen LogP) is 5.64. The highest BCUT2D eigenvalue weighted by Gasteiger charge is 2.21. The number of ether oxygens (including phenoxy) is 1. The number of benzene rings is 3. The summed E-state index contributed by atoms with van der Waals surface area (Å²) < 4.78 is 7.34. The number of carbonyl (C=O) groups excluding carboxylic acids is 1. The number of pyridine rings is 1. The van der Waals surface area contributed by atoms with Gasteiger partial charge in [-0.1, -0.05) is 72.4 Å². The number of rotatable bonds is 8. The van der Waals surface area contributed by atoms with E-state index in [9.17, 15) is 4.79 Å². The normalized spacial score (nSPS) is 11.8. The van der Waals surface area contributed by atoms with Gasteiger partial charge in [-0.25, -0.2) is 9.97 Å². The smallest absolute Gasteiger partial charge is 0.231 e. The van der Waals surface area contributed by atoms with Crippen molar-refractivity contribution in [2.45, 2.75) is 11.1 Å². The van der Waals surface area contributed by atoms with Crippen LogP contribution in [0.3, 0.4) is 0 Å². The van der Waals surface area contributed by atoms with Crippen LogP contribution < -0.4 is 10.1 Å². The molecule has 0 bridgehead atoms. The van der Waals surface area contributed by atoms with Crippen LogP contribution in [0.25, 0.3) is 22.0 Å². The third kappa shape index (κ3) is 5.11. The summed E-state index contributed by atoms with van der Waals surface area (Å²) in [5.74, 6) is 1.66. The number of fused-ring (bicyclic) bond motifs is 1. The van der Waals surface area contributed by atoms with E-state index in [1.54, 1.807) is 13.3 Å². The number of carbonyl (C=O) groups is 1. The van der Waals surface area contributed by atoms with Gasteiger partial charge in [-0.2, -0.15) is 0 Å². The minimum atomic E-state index is -0.340. The standard InChI is InChI=1S/C29H26N4O2S/c1-33-16-15-30-29(33)28(21-11-7-4-8-12-21)32-26(34)19-36-27-18-24(20-9-5-3-6-10-20)23-14-13-22(35-2)17-25(23)31-27/h3-18,28H,19H2,1-2H3,(H,32,34). The SMILES string of the molecule is COc1ccc2c(-c3ccccc3)cc(SCC(=O)NC(c3ccccc3)c3nccn3C)nc2c1. The summed E-state index contributed by atoms with van der Waals surface area (Å²) in [5.41, 5.74) is 3.97. The van der Waals surface area contributed by atoms with Gasteiger partial charge >= 0.3 is 0 Å². The summed E-state index contributed by atoms with van der Waals surface area (Å²) in [6.07, 6.45) is 3.62. The number of methoxy groups -OCH3 is 1. The van der Waals surface area contributed by atoms with Crippen LogP contribution in [-0.4, -0.2) is 33.3 Å². The van der Waals surface area contributed by atoms with E-state index in [2.05, 4.69) is 28.5 Å². The lowest BCUT2D eigenvalue weighted by molar-refractivity contribution is -0.119. The zero-order chi connectivity index (χ0) is 24.9. The van der Waals surface area contributed by atoms with E-state index >= 15 is 0 Å². The van der Waals surface area contributed by atoms with Crippen LogP contribution in [0.2, 0.25) is 0 Å². The van der Waals surface area contributed by atoms with Gasteiger partial charge in [0.05, 0.1) is 23.4 Å². The second kappa shape index (κ2) is 10.7. The summed E-state index contributed by atoms with van der Waals surface area (Å²) in [7, 11) is 3.57. The molecule has 7 heteroatoms. The Kier molecular flexibility index (Phi) is 7.00. The first-order chi connectivity index (χ1) is 17.6. The maximum atomic E-state index is 13.1. The fourth-order valence-electron chi connectivity index (χ4n) is 4.18. The molecule has 2 heterocycles. The number of nitrogens with one attached hydrogen (secondary N) is 1. The van der Waals surface area contributed by atoms with Gasteiger partial charge in [-0.3, -0.25) is 4.79 Å². The molecule has 3 aromatic carbocycles. The monoisotopic (exact) mass is 494 g/mol. The molecule has 6 nitrogen and oxygen atoms in total. The van der Waals surface area contributed by atoms with E-state index in [4.69, 9.17) is 9.72 Å². The van der Waals surface area contributed by atoms with Crippen molar-refractivity contribution in [2.75, 3.05) is 12.9 Å². The fourth-order valence-corrected chi connectivity index (χ4v) is 4.91. The van der Waals surface area contributed by atoms with Crippen molar-refractivity contribution in [1.82, 2.24) is 19.9 Å². The first kappa shape index (κ1) is 23.6. The van der Waals surface area contributed by atoms with Crippen LogP contribution in [0.1, 0.15) is 17.4 Å². The third-order valence-electron chi connectivity index (χ3n) is 5.98. The number of imidazole rings is 1. The van der Waals surface area contributed by atoms with Gasteiger partial charge in [0.25, 0.3) is 0 Å². The van der Waals surface area contributed by atoms with Gasteiger partial charge < -0.3 is 14.6 Å². The van der Waals surface area contributed by atoms with E-state index in [0.717, 1.165) is 44.2 Å². The summed E-state index contributed by atoms with van der Waals surface area (Å²) in [5, 5.41) is 4.97. The maximum absolute atomic E-state index is 13.1. The minimum Gasteiger partial charge on any atom is -0.497 e. The molecule has 1 amide bonds. The average molecular weight is 495 g/mol. The molecule has 0 aliphatic carbocycles. The van der Waals surface area contributed by atoms with Crippen molar-refractivity contribution in [1.29, 1.82) is 0 Å². The molecule has 0 saturated carbocycles. The van der Waals surface area contributed by atoms with Crippen LogP contribution >= 0.6 is 11.8 Å². The largest absolute Gasteiger partial charge is 0.497 e. The number of aromatic nitrogens is 3. The highest BCUT2D eigenvalue weighted by Crippen LogP contribution is 2.33. The van der Waals surface area contributed by atoms with Crippen molar-refractivity contribution >= 4 is 28.6 Å². The molecule has 1 unspecified atom stereocenters. The molecule has 1 N–H and O–H groups in total. The van der Waals surface area contributed by atoms with Crippen molar-refractivity contribution in [3.63, 3.8) is 0 Å². The minimum absolute atomic E-state index is 0.0920. The van der Waals surface area contributed by atoms with Crippen LogP contribution in [0.4, 0.5) is 0 Å². The van der Waals surface area contributed by atoms with E-state index < -0.39 is 0 Å². The Labute approximate surface area is 214 Å². The zero-order valence-electron chi connectivity index (χ0n) is 20.1. The molecule has 180 valence electrons. The highest BCUT2D eigenvalue weighted by atomic mass is 32.2. The summed E-state index contributed by atoms with van der Waals surface area (Å²) >= 11 is 1.41. The molecule has 0 aliphatic rings. The molecule has 0 fully saturated rings. The van der Waals surface area contributed by atoms with Crippen molar-refractivity contribution in [2.24, 2.45) is 7.05 Å². The van der Waals surface area contributed by atoms with Gasteiger partial charge in [0.15, 0.2) is 0 Å². The average Bonchev–Trinajstić information content (AvgIpc) is 3.36. The van der Waals surface area contributed by atoms with Crippen molar-refractivity contribution < 1.29 is 9.53 Å². The number of amides is 1. The third-order valence-corrected chi connectivity index (χ3v) is 6.90. The quantitative estimate of drug-likeness (QED) is 0.283. The first-order valence-electron chi connectivity index (χ1n) is 11.6. The van der Waals surface area contributed by atoms with Gasteiger partial charge in [0.1, 0.15) is 17.6 Å². The Morgan fingerprint density at radius 1 is 1.03 bits per heavy atom. The second-order valence-electron chi connectivity index (χ2n) is 8.35. The lowest BCUT2D eigenvalue weighted by Gasteiger charge is -2.19. The van der Waals surface area contributed by atoms with E-state index in [1.165, 1.54) is 11.8 Å². The lowest BCUT2D eigenvalue weighted by atomic mass is 10.0. The molecule has 36 heavy (non-hydrogen) atoms. The Hall–Kier alpha value is -4.10. The topological polar surface area (TPSA) is 69.0 Å². The number of aryl methyl sites for hydroxylation is 1. The summed E-state index contributed by atoms with van der Waals surface area (Å²) in [6.45, 7) is 0. The molecule has 2 aromatic heterocycles. The Morgan fingerprint density at radius 2 is 1.78 bits per heavy atom. The van der Waals surface area contributed by atoms with Gasteiger partial charge in [-0.15, -0.1) is 0 Å². The Balaban J connectivity index is 1.40. The summed E-state index contributed by atoms with van der Waals surface area (Å²) in [4.78, 5) is 22.4. The van der Waals surface area contributed by atoms with Crippen molar-refractivity contribution in [3.05, 3.63) is 109 Å². The molecule has 0 spiro atoms. The number of nitrogens with zero attached hydrogens (tertiary/aromatic N) is 3.